The van der Waals surface area contributed by atoms with Gasteiger partial charge in [0.15, 0.2) is 23.0 Å². The molecular weight excluding hydrogens is 430 g/mol. The number of nitrogens with zero attached hydrogens (tertiary/aromatic N) is 1. The second-order valence-electron chi connectivity index (χ2n) is 8.66. The van der Waals surface area contributed by atoms with Gasteiger partial charge in [-0.3, -0.25) is 4.90 Å². The minimum Gasteiger partial charge on any atom is -0.508 e. The van der Waals surface area contributed by atoms with E-state index in [1.807, 2.05) is 18.2 Å². The van der Waals surface area contributed by atoms with Crippen molar-refractivity contribution < 1.29 is 24.1 Å². The van der Waals surface area contributed by atoms with E-state index in [1.54, 1.807) is 34.5 Å². The van der Waals surface area contributed by atoms with E-state index in [-0.39, 0.29) is 11.8 Å². The largest absolute Gasteiger partial charge is 0.508 e. The number of ether oxygens (including phenoxy) is 4. The molecule has 1 aliphatic rings. The minimum absolute atomic E-state index is 0.0177. The van der Waals surface area contributed by atoms with Crippen molar-refractivity contribution in [3.05, 3.63) is 65.2 Å². The minimum atomic E-state index is -0.0177. The third kappa shape index (κ3) is 3.46. The van der Waals surface area contributed by atoms with Crippen LogP contribution in [0.3, 0.4) is 0 Å². The summed E-state index contributed by atoms with van der Waals surface area (Å²) >= 11 is 0. The lowest BCUT2D eigenvalue weighted by molar-refractivity contribution is 0.264. The Bertz CT molecular complexity index is 1400. The van der Waals surface area contributed by atoms with Crippen molar-refractivity contribution in [2.45, 2.75) is 12.5 Å². The number of phenols is 1. The maximum atomic E-state index is 10.2. The molecule has 1 N–H and O–H groups in total. The Morgan fingerprint density at radius 3 is 2.00 bits per heavy atom. The van der Waals surface area contributed by atoms with E-state index >= 15 is 0 Å². The number of benzene rings is 4. The van der Waals surface area contributed by atoms with Gasteiger partial charge in [0, 0.05) is 6.54 Å². The first-order valence-corrected chi connectivity index (χ1v) is 11.3. The molecule has 6 nitrogen and oxygen atoms in total. The normalized spacial score (nSPS) is 15.9. The number of rotatable bonds is 5. The monoisotopic (exact) mass is 459 g/mol. The van der Waals surface area contributed by atoms with Gasteiger partial charge in [0.05, 0.1) is 34.5 Å². The molecule has 0 saturated carbocycles. The number of fused-ring (bicyclic) bond motifs is 4. The lowest BCUT2D eigenvalue weighted by atomic mass is 9.84. The first kappa shape index (κ1) is 22.2. The molecule has 0 radical (unpaired) electrons. The third-order valence-corrected chi connectivity index (χ3v) is 6.88. The molecule has 0 saturated heterocycles. The van der Waals surface area contributed by atoms with E-state index in [0.29, 0.717) is 17.2 Å². The van der Waals surface area contributed by atoms with E-state index < -0.39 is 0 Å². The predicted molar refractivity (Wildman–Crippen MR) is 134 cm³/mol. The van der Waals surface area contributed by atoms with Gasteiger partial charge < -0.3 is 24.1 Å². The van der Waals surface area contributed by atoms with E-state index in [2.05, 4.69) is 36.2 Å². The van der Waals surface area contributed by atoms with Gasteiger partial charge in [-0.25, -0.2) is 0 Å². The van der Waals surface area contributed by atoms with Gasteiger partial charge >= 0.3 is 0 Å². The van der Waals surface area contributed by atoms with Crippen molar-refractivity contribution in [2.24, 2.45) is 0 Å². The molecule has 34 heavy (non-hydrogen) atoms. The summed E-state index contributed by atoms with van der Waals surface area (Å²) in [6, 6.07) is 15.9. The maximum absolute atomic E-state index is 10.2. The molecule has 0 fully saturated rings. The van der Waals surface area contributed by atoms with Crippen LogP contribution in [0.1, 0.15) is 22.7 Å². The molecule has 6 heteroatoms. The smallest absolute Gasteiger partial charge is 0.161 e. The number of phenolic OH excluding ortho intramolecular Hbond substituents is 1. The molecule has 176 valence electrons. The molecule has 1 unspecified atom stereocenters. The molecule has 0 spiro atoms. The molecule has 4 aromatic rings. The summed E-state index contributed by atoms with van der Waals surface area (Å²) in [5.41, 5.74) is 3.55. The maximum Gasteiger partial charge on any atom is 0.161 e. The van der Waals surface area contributed by atoms with Crippen LogP contribution in [0.5, 0.6) is 28.7 Å². The Labute approximate surface area is 199 Å². The van der Waals surface area contributed by atoms with Crippen LogP contribution in [0.25, 0.3) is 21.5 Å². The van der Waals surface area contributed by atoms with Crippen LogP contribution in [0.2, 0.25) is 0 Å². The Kier molecular flexibility index (Phi) is 5.62. The Balaban J connectivity index is 1.86. The fraction of sp³-hybridized carbons (Fsp3) is 0.286. The van der Waals surface area contributed by atoms with Crippen molar-refractivity contribution in [3.63, 3.8) is 0 Å². The molecule has 5 rings (SSSR count). The fourth-order valence-corrected chi connectivity index (χ4v) is 5.20. The van der Waals surface area contributed by atoms with Gasteiger partial charge in [0.2, 0.25) is 0 Å². The van der Waals surface area contributed by atoms with Gasteiger partial charge in [-0.15, -0.1) is 0 Å². The van der Waals surface area contributed by atoms with Gasteiger partial charge in [-0.05, 0) is 94.2 Å². The zero-order valence-electron chi connectivity index (χ0n) is 20.1. The zero-order chi connectivity index (χ0) is 24.0. The summed E-state index contributed by atoms with van der Waals surface area (Å²) in [7, 11) is 8.77. The number of hydrogen-bond acceptors (Lipinski definition) is 6. The van der Waals surface area contributed by atoms with Crippen molar-refractivity contribution in [2.75, 3.05) is 42.0 Å². The number of hydrogen-bond donors (Lipinski definition) is 1. The SMILES string of the molecule is COc1cc2c(cc1OC)C(c1cc3cc(O)ccc3c3cc(OC)c(OC)cc13)N(C)CC2. The van der Waals surface area contributed by atoms with Gasteiger partial charge in [0.25, 0.3) is 0 Å². The fourth-order valence-electron chi connectivity index (χ4n) is 5.20. The highest BCUT2D eigenvalue weighted by Crippen LogP contribution is 2.46. The van der Waals surface area contributed by atoms with Crippen molar-refractivity contribution in [1.29, 1.82) is 0 Å². The van der Waals surface area contributed by atoms with Crippen molar-refractivity contribution in [3.8, 4) is 28.7 Å². The van der Waals surface area contributed by atoms with Crippen LogP contribution in [0, 0.1) is 0 Å². The quantitative estimate of drug-likeness (QED) is 0.408. The van der Waals surface area contributed by atoms with Gasteiger partial charge in [-0.1, -0.05) is 6.07 Å². The molecule has 0 aliphatic carbocycles. The number of methoxy groups -OCH3 is 4. The van der Waals surface area contributed by atoms with Crippen LogP contribution in [0.15, 0.2) is 48.5 Å². The summed E-state index contributed by atoms with van der Waals surface area (Å²) in [6.45, 7) is 0.903. The van der Waals surface area contributed by atoms with Crippen molar-refractivity contribution in [1.82, 2.24) is 4.90 Å². The first-order chi connectivity index (χ1) is 16.5. The summed E-state index contributed by atoms with van der Waals surface area (Å²) < 4.78 is 22.5. The second-order valence-corrected chi connectivity index (χ2v) is 8.66. The average molecular weight is 460 g/mol. The highest BCUT2D eigenvalue weighted by atomic mass is 16.5. The van der Waals surface area contributed by atoms with Crippen LogP contribution in [-0.2, 0) is 6.42 Å². The van der Waals surface area contributed by atoms with E-state index in [0.717, 1.165) is 45.8 Å². The number of aromatic hydroxyl groups is 1. The summed E-state index contributed by atoms with van der Waals surface area (Å²) in [6.07, 6.45) is 0.923. The highest BCUT2D eigenvalue weighted by molar-refractivity contribution is 6.10. The van der Waals surface area contributed by atoms with Crippen LogP contribution in [0.4, 0.5) is 0 Å². The topological polar surface area (TPSA) is 60.4 Å². The predicted octanol–water partition coefficient (Wildman–Crippen LogP) is 5.31. The molecule has 4 aromatic carbocycles. The Morgan fingerprint density at radius 1 is 0.706 bits per heavy atom. The average Bonchev–Trinajstić information content (AvgIpc) is 2.86. The molecule has 0 aromatic heterocycles. The summed E-state index contributed by atoms with van der Waals surface area (Å²) in [5.74, 6) is 3.04. The standard InChI is InChI=1S/C28H29NO5/c1-29-9-8-16-12-24(31-2)25(32-3)13-20(16)28(29)23-11-17-10-18(30)6-7-19(17)21-14-26(33-4)27(34-5)15-22(21)23/h6-7,10-15,28,30H,8-9H2,1-5H3. The van der Waals surface area contributed by atoms with Crippen LogP contribution < -0.4 is 18.9 Å². The molecule has 1 atom stereocenters. The Hall–Kier alpha value is -3.64. The zero-order valence-corrected chi connectivity index (χ0v) is 20.1. The first-order valence-electron chi connectivity index (χ1n) is 11.3. The van der Waals surface area contributed by atoms with E-state index in [4.69, 9.17) is 18.9 Å². The number of likely N-dealkylation sites (N-methyl/N-ethyl adjacent to an activating group) is 1. The van der Waals surface area contributed by atoms with Crippen LogP contribution >= 0.6 is 0 Å². The summed E-state index contributed by atoms with van der Waals surface area (Å²) in [5, 5.41) is 14.4. The highest BCUT2D eigenvalue weighted by Gasteiger charge is 2.30. The molecule has 1 aliphatic heterocycles. The third-order valence-electron chi connectivity index (χ3n) is 6.88. The molecule has 0 bridgehead atoms. The second kappa shape index (κ2) is 8.61. The van der Waals surface area contributed by atoms with Gasteiger partial charge in [0.1, 0.15) is 5.75 Å². The van der Waals surface area contributed by atoms with E-state index in [9.17, 15) is 5.11 Å². The van der Waals surface area contributed by atoms with Crippen LogP contribution in [-0.4, -0.2) is 52.0 Å². The van der Waals surface area contributed by atoms with Crippen molar-refractivity contribution >= 4 is 21.5 Å². The Morgan fingerprint density at radius 2 is 1.32 bits per heavy atom. The van der Waals surface area contributed by atoms with E-state index in [1.165, 1.54) is 11.1 Å². The lowest BCUT2D eigenvalue weighted by Crippen LogP contribution is -2.33. The molecular formula is C28H29NO5. The molecule has 1 heterocycles. The lowest BCUT2D eigenvalue weighted by Gasteiger charge is -2.36. The summed E-state index contributed by atoms with van der Waals surface area (Å²) in [4.78, 5) is 2.36. The van der Waals surface area contributed by atoms with Gasteiger partial charge in [-0.2, -0.15) is 0 Å². The molecule has 0 amide bonds.